The molecule has 3 heterocycles. The molecule has 156 valence electrons. The predicted octanol–water partition coefficient (Wildman–Crippen LogP) is 3.17. The smallest absolute Gasteiger partial charge is 0.348 e. The van der Waals surface area contributed by atoms with Gasteiger partial charge in [0.05, 0.1) is 19.0 Å². The van der Waals surface area contributed by atoms with E-state index in [1.54, 1.807) is 6.92 Å². The summed E-state index contributed by atoms with van der Waals surface area (Å²) in [5.41, 5.74) is 1.12. The molecule has 0 aliphatic carbocycles. The van der Waals surface area contributed by atoms with E-state index < -0.39 is 5.97 Å². The molecule has 30 heavy (non-hydrogen) atoms. The van der Waals surface area contributed by atoms with Gasteiger partial charge in [-0.1, -0.05) is 30.3 Å². The van der Waals surface area contributed by atoms with Crippen molar-refractivity contribution >= 4 is 33.3 Å². The van der Waals surface area contributed by atoms with Crippen LogP contribution in [0, 0.1) is 12.8 Å². The van der Waals surface area contributed by atoms with E-state index in [1.165, 1.54) is 18.4 Å². The molecule has 0 amide bonds. The molecule has 0 radical (unpaired) electrons. The van der Waals surface area contributed by atoms with Crippen LogP contribution < -0.4 is 5.56 Å². The first-order chi connectivity index (χ1) is 14.5. The Labute approximate surface area is 177 Å². The third-order valence-electron chi connectivity index (χ3n) is 5.61. The van der Waals surface area contributed by atoms with Crippen molar-refractivity contribution in [1.82, 2.24) is 14.9 Å². The fourth-order valence-corrected chi connectivity index (χ4v) is 5.07. The molecule has 0 bridgehead atoms. The summed E-state index contributed by atoms with van der Waals surface area (Å²) >= 11 is 1.18. The van der Waals surface area contributed by atoms with Crippen LogP contribution in [0.3, 0.4) is 0 Å². The number of carbonyl (C=O) groups excluding carboxylic acids is 2. The van der Waals surface area contributed by atoms with Crippen LogP contribution in [-0.2, 0) is 11.3 Å². The number of Topliss-reactive ketones (excluding diaryl/α,β-unsaturated/α-hetero) is 1. The van der Waals surface area contributed by atoms with Gasteiger partial charge < -0.3 is 9.72 Å². The van der Waals surface area contributed by atoms with Crippen molar-refractivity contribution in [2.24, 2.45) is 5.92 Å². The summed E-state index contributed by atoms with van der Waals surface area (Å²) in [4.78, 5) is 47.7. The van der Waals surface area contributed by atoms with Crippen molar-refractivity contribution in [1.29, 1.82) is 0 Å². The number of hydrogen-bond acceptors (Lipinski definition) is 7. The molecule has 7 nitrogen and oxygen atoms in total. The number of esters is 1. The lowest BCUT2D eigenvalue weighted by molar-refractivity contribution is 0.0605. The van der Waals surface area contributed by atoms with Gasteiger partial charge in [0.15, 0.2) is 5.78 Å². The van der Waals surface area contributed by atoms with Gasteiger partial charge in [0.1, 0.15) is 15.5 Å². The SMILES string of the molecule is COC(=O)c1sc2nc(CN3CCC(C(=O)c4ccccc4)CC3)[nH]c(=O)c2c1C. The van der Waals surface area contributed by atoms with Crippen molar-refractivity contribution in [2.75, 3.05) is 20.2 Å². The molecule has 1 aromatic carbocycles. The van der Waals surface area contributed by atoms with Gasteiger partial charge in [-0.05, 0) is 38.4 Å². The average Bonchev–Trinajstić information content (AvgIpc) is 3.10. The van der Waals surface area contributed by atoms with E-state index in [2.05, 4.69) is 14.9 Å². The minimum absolute atomic E-state index is 0.0284. The Hall–Kier alpha value is -2.84. The molecule has 1 saturated heterocycles. The molecule has 0 saturated carbocycles. The molecule has 1 aliphatic rings. The highest BCUT2D eigenvalue weighted by Gasteiger charge is 2.26. The van der Waals surface area contributed by atoms with Gasteiger partial charge in [0, 0.05) is 11.5 Å². The number of likely N-dealkylation sites (tertiary alicyclic amines) is 1. The van der Waals surface area contributed by atoms with Crippen LogP contribution in [0.15, 0.2) is 35.1 Å². The summed E-state index contributed by atoms with van der Waals surface area (Å²) in [6.45, 7) is 3.77. The van der Waals surface area contributed by atoms with E-state index in [9.17, 15) is 14.4 Å². The van der Waals surface area contributed by atoms with Crippen LogP contribution in [0.2, 0.25) is 0 Å². The molecule has 0 spiro atoms. The first-order valence-electron chi connectivity index (χ1n) is 9.90. The van der Waals surface area contributed by atoms with Crippen molar-refractivity contribution in [3.05, 3.63) is 62.5 Å². The molecule has 2 aromatic heterocycles. The first kappa shape index (κ1) is 20.4. The van der Waals surface area contributed by atoms with E-state index in [4.69, 9.17) is 4.74 Å². The molecule has 3 aromatic rings. The van der Waals surface area contributed by atoms with Crippen molar-refractivity contribution in [3.8, 4) is 0 Å². The lowest BCUT2D eigenvalue weighted by Crippen LogP contribution is -2.36. The van der Waals surface area contributed by atoms with Gasteiger partial charge in [-0.2, -0.15) is 0 Å². The monoisotopic (exact) mass is 425 g/mol. The normalized spacial score (nSPS) is 15.4. The third kappa shape index (κ3) is 3.93. The number of benzene rings is 1. The molecular formula is C22H23N3O4S. The third-order valence-corrected chi connectivity index (χ3v) is 6.78. The number of aromatic amines is 1. The van der Waals surface area contributed by atoms with Crippen LogP contribution in [0.25, 0.3) is 10.2 Å². The zero-order valence-corrected chi connectivity index (χ0v) is 17.8. The Morgan fingerprint density at radius 1 is 1.23 bits per heavy atom. The number of nitrogens with zero attached hydrogens (tertiary/aromatic N) is 2. The Morgan fingerprint density at radius 2 is 1.93 bits per heavy atom. The maximum absolute atomic E-state index is 12.7. The largest absolute Gasteiger partial charge is 0.465 e. The zero-order valence-electron chi connectivity index (χ0n) is 16.9. The van der Waals surface area contributed by atoms with Gasteiger partial charge >= 0.3 is 5.97 Å². The number of ether oxygens (including phenoxy) is 1. The Bertz CT molecular complexity index is 1140. The fourth-order valence-electron chi connectivity index (χ4n) is 3.95. The number of fused-ring (bicyclic) bond motifs is 1. The summed E-state index contributed by atoms with van der Waals surface area (Å²) in [6, 6.07) is 9.42. The second-order valence-electron chi connectivity index (χ2n) is 7.52. The van der Waals surface area contributed by atoms with E-state index in [0.717, 1.165) is 31.5 Å². The lowest BCUT2D eigenvalue weighted by atomic mass is 9.89. The molecule has 1 aliphatic heterocycles. The molecule has 0 atom stereocenters. The zero-order chi connectivity index (χ0) is 21.3. The molecule has 8 heteroatoms. The number of thiophene rings is 1. The number of H-pyrrole nitrogens is 1. The summed E-state index contributed by atoms with van der Waals surface area (Å²) in [5.74, 6) is 0.341. The van der Waals surface area contributed by atoms with E-state index in [0.29, 0.717) is 33.0 Å². The lowest BCUT2D eigenvalue weighted by Gasteiger charge is -2.30. The highest BCUT2D eigenvalue weighted by molar-refractivity contribution is 7.20. The number of aromatic nitrogens is 2. The minimum Gasteiger partial charge on any atom is -0.465 e. The minimum atomic E-state index is -0.457. The fraction of sp³-hybridized carbons (Fsp3) is 0.364. The second-order valence-corrected chi connectivity index (χ2v) is 8.52. The van der Waals surface area contributed by atoms with Crippen LogP contribution >= 0.6 is 11.3 Å². The highest BCUT2D eigenvalue weighted by atomic mass is 32.1. The number of aryl methyl sites for hydroxylation is 1. The number of nitrogens with one attached hydrogen (secondary N) is 1. The topological polar surface area (TPSA) is 92.4 Å². The highest BCUT2D eigenvalue weighted by Crippen LogP contribution is 2.28. The number of rotatable bonds is 5. The molecule has 1 N–H and O–H groups in total. The maximum Gasteiger partial charge on any atom is 0.348 e. The second kappa shape index (κ2) is 8.49. The van der Waals surface area contributed by atoms with Crippen molar-refractivity contribution in [3.63, 3.8) is 0 Å². The number of hydrogen-bond donors (Lipinski definition) is 1. The van der Waals surface area contributed by atoms with Gasteiger partial charge in [0.25, 0.3) is 5.56 Å². The summed E-state index contributed by atoms with van der Waals surface area (Å²) < 4.78 is 4.80. The maximum atomic E-state index is 12.7. The number of ketones is 1. The molecule has 0 unspecified atom stereocenters. The summed E-state index contributed by atoms with van der Waals surface area (Å²) in [5, 5.41) is 0.441. The van der Waals surface area contributed by atoms with Crippen molar-refractivity contribution < 1.29 is 14.3 Å². The average molecular weight is 426 g/mol. The van der Waals surface area contributed by atoms with Gasteiger partial charge in [-0.25, -0.2) is 9.78 Å². The van der Waals surface area contributed by atoms with Gasteiger partial charge in [0.2, 0.25) is 0 Å². The molecular weight excluding hydrogens is 402 g/mol. The number of carbonyl (C=O) groups is 2. The van der Waals surface area contributed by atoms with E-state index in [1.807, 2.05) is 30.3 Å². The van der Waals surface area contributed by atoms with Crippen LogP contribution in [0.5, 0.6) is 0 Å². The predicted molar refractivity (Wildman–Crippen MR) is 115 cm³/mol. The standard InChI is InChI=1S/C22H23N3O4S/c1-13-17-20(27)23-16(24-21(17)30-19(13)22(28)29-2)12-25-10-8-15(9-11-25)18(26)14-6-4-3-5-7-14/h3-7,15H,8-12H2,1-2H3,(H,23,24,27). The van der Waals surface area contributed by atoms with E-state index in [-0.39, 0.29) is 17.3 Å². The first-order valence-corrected chi connectivity index (χ1v) is 10.7. The number of methoxy groups -OCH3 is 1. The number of piperidine rings is 1. The van der Waals surface area contributed by atoms with Gasteiger partial charge in [-0.3, -0.25) is 14.5 Å². The van der Waals surface area contributed by atoms with Gasteiger partial charge in [-0.15, -0.1) is 11.3 Å². The Morgan fingerprint density at radius 3 is 2.60 bits per heavy atom. The van der Waals surface area contributed by atoms with Crippen LogP contribution in [0.4, 0.5) is 0 Å². The summed E-state index contributed by atoms with van der Waals surface area (Å²) in [6.07, 6.45) is 1.57. The van der Waals surface area contributed by atoms with Crippen LogP contribution in [0.1, 0.15) is 44.3 Å². The molecule has 4 rings (SSSR count). The van der Waals surface area contributed by atoms with Crippen molar-refractivity contribution in [2.45, 2.75) is 26.3 Å². The molecule has 1 fully saturated rings. The Kier molecular flexibility index (Phi) is 5.78. The quantitative estimate of drug-likeness (QED) is 0.499. The van der Waals surface area contributed by atoms with Crippen LogP contribution in [-0.4, -0.2) is 46.8 Å². The Balaban J connectivity index is 1.46. The van der Waals surface area contributed by atoms with E-state index >= 15 is 0 Å². The summed E-state index contributed by atoms with van der Waals surface area (Å²) in [7, 11) is 1.32.